The van der Waals surface area contributed by atoms with Gasteiger partial charge in [0.1, 0.15) is 0 Å². The predicted octanol–water partition coefficient (Wildman–Crippen LogP) is 2.14. The molecule has 6 heteroatoms. The molecule has 1 saturated carbocycles. The van der Waals surface area contributed by atoms with E-state index >= 15 is 0 Å². The number of amides is 1. The minimum atomic E-state index is -0.301. The highest BCUT2D eigenvalue weighted by Gasteiger charge is 2.44. The van der Waals surface area contributed by atoms with Crippen LogP contribution in [-0.2, 0) is 12.0 Å². The number of nitrogens with zero attached hydrogens (tertiary/aromatic N) is 5. The van der Waals surface area contributed by atoms with E-state index in [1.54, 1.807) is 10.9 Å². The van der Waals surface area contributed by atoms with Gasteiger partial charge in [0, 0.05) is 18.3 Å². The summed E-state index contributed by atoms with van der Waals surface area (Å²) in [5.41, 5.74) is 1.42. The van der Waals surface area contributed by atoms with Gasteiger partial charge in [-0.15, -0.1) is 5.10 Å². The van der Waals surface area contributed by atoms with E-state index in [0.717, 1.165) is 37.8 Å². The molecule has 2 fully saturated rings. The Morgan fingerprint density at radius 2 is 2.12 bits per heavy atom. The van der Waals surface area contributed by atoms with E-state index in [-0.39, 0.29) is 17.4 Å². The van der Waals surface area contributed by atoms with Gasteiger partial charge in [-0.1, -0.05) is 17.3 Å². The first-order chi connectivity index (χ1) is 11.7. The molecule has 1 aromatic heterocycles. The lowest BCUT2D eigenvalue weighted by Crippen LogP contribution is -2.38. The number of likely N-dealkylation sites (tertiary alicyclic amines) is 1. The lowest BCUT2D eigenvalue weighted by atomic mass is 9.96. The summed E-state index contributed by atoms with van der Waals surface area (Å²) >= 11 is 0. The van der Waals surface area contributed by atoms with Gasteiger partial charge >= 0.3 is 0 Å². The highest BCUT2D eigenvalue weighted by atomic mass is 16.2. The van der Waals surface area contributed by atoms with E-state index in [1.807, 2.05) is 35.4 Å². The molecular weight excluding hydrogens is 302 g/mol. The molecule has 0 unspecified atom stereocenters. The monoisotopic (exact) mass is 321 g/mol. The Bertz CT molecular complexity index is 771. The molecule has 1 aliphatic heterocycles. The topological polar surface area (TPSA) is 74.8 Å². The molecule has 6 nitrogen and oxygen atoms in total. The van der Waals surface area contributed by atoms with E-state index in [4.69, 9.17) is 0 Å². The molecule has 0 radical (unpaired) electrons. The zero-order valence-electron chi connectivity index (χ0n) is 13.4. The van der Waals surface area contributed by atoms with Crippen molar-refractivity contribution in [3.63, 3.8) is 0 Å². The lowest BCUT2D eigenvalue weighted by Gasteiger charge is -2.24. The Hall–Kier alpha value is -2.68. The second-order valence-electron chi connectivity index (χ2n) is 6.69. The van der Waals surface area contributed by atoms with Gasteiger partial charge in [0.15, 0.2) is 0 Å². The third kappa shape index (κ3) is 2.56. The lowest BCUT2D eigenvalue weighted by molar-refractivity contribution is 0.0721. The quantitative estimate of drug-likeness (QED) is 0.864. The number of rotatable bonds is 4. The first kappa shape index (κ1) is 14.9. The first-order valence-electron chi connectivity index (χ1n) is 8.39. The molecule has 2 heterocycles. The molecule has 0 N–H and O–H groups in total. The fourth-order valence-electron chi connectivity index (χ4n) is 3.53. The average Bonchev–Trinajstić information content (AvgIpc) is 3.01. The van der Waals surface area contributed by atoms with Crippen molar-refractivity contribution in [2.24, 2.45) is 0 Å². The fraction of sp³-hybridized carbons (Fsp3) is 0.444. The molecule has 0 spiro atoms. The molecule has 2 aromatic rings. The second kappa shape index (κ2) is 5.75. The summed E-state index contributed by atoms with van der Waals surface area (Å²) in [4.78, 5) is 14.8. The van der Waals surface area contributed by atoms with Gasteiger partial charge in [-0.3, -0.25) is 9.48 Å². The Balaban J connectivity index is 1.49. The largest absolute Gasteiger partial charge is 0.334 e. The van der Waals surface area contributed by atoms with Crippen LogP contribution in [0.25, 0.3) is 0 Å². The smallest absolute Gasteiger partial charge is 0.254 e. The summed E-state index contributed by atoms with van der Waals surface area (Å²) in [6.07, 6.45) is 7.32. The van der Waals surface area contributed by atoms with Gasteiger partial charge in [-0.25, -0.2) is 0 Å². The van der Waals surface area contributed by atoms with Gasteiger partial charge < -0.3 is 4.90 Å². The van der Waals surface area contributed by atoms with Crippen molar-refractivity contribution in [3.05, 3.63) is 47.8 Å². The summed E-state index contributed by atoms with van der Waals surface area (Å²) in [7, 11) is 0. The molecule has 1 aliphatic carbocycles. The van der Waals surface area contributed by atoms with Crippen LogP contribution in [0.3, 0.4) is 0 Å². The maximum absolute atomic E-state index is 12.8. The van der Waals surface area contributed by atoms with Crippen LogP contribution >= 0.6 is 0 Å². The molecule has 4 rings (SSSR count). The summed E-state index contributed by atoms with van der Waals surface area (Å²) < 4.78 is 1.78. The predicted molar refractivity (Wildman–Crippen MR) is 87.0 cm³/mol. The van der Waals surface area contributed by atoms with Crippen LogP contribution in [0.4, 0.5) is 0 Å². The van der Waals surface area contributed by atoms with E-state index < -0.39 is 0 Å². The van der Waals surface area contributed by atoms with Crippen molar-refractivity contribution in [2.45, 2.75) is 43.7 Å². The second-order valence-corrected chi connectivity index (χ2v) is 6.69. The van der Waals surface area contributed by atoms with E-state index in [2.05, 4.69) is 16.4 Å². The third-order valence-electron chi connectivity index (χ3n) is 5.16. The highest BCUT2D eigenvalue weighted by Crippen LogP contribution is 2.47. The number of hydrogen-bond acceptors (Lipinski definition) is 4. The van der Waals surface area contributed by atoms with Crippen molar-refractivity contribution >= 4 is 5.91 Å². The Morgan fingerprint density at radius 1 is 1.33 bits per heavy atom. The van der Waals surface area contributed by atoms with Crippen molar-refractivity contribution in [3.8, 4) is 6.07 Å². The normalized spacial score (nSPS) is 21.5. The van der Waals surface area contributed by atoms with Crippen LogP contribution in [0, 0.1) is 11.3 Å². The average molecular weight is 321 g/mol. The highest BCUT2D eigenvalue weighted by molar-refractivity contribution is 5.94. The standard InChI is InChI=1S/C18H19N5O/c19-13-18(7-8-18)15-5-3-14(4-6-15)17(24)23-10-1-2-16(23)12-22-11-9-20-21-22/h3-6,9,11,16H,1-2,7-8,10,12H2/t16-/m0/s1. The molecule has 1 amide bonds. The van der Waals surface area contributed by atoms with Gasteiger partial charge in [-0.05, 0) is 43.4 Å². The number of carbonyl (C=O) groups is 1. The molecule has 0 bridgehead atoms. The van der Waals surface area contributed by atoms with Crippen LogP contribution in [-0.4, -0.2) is 38.4 Å². The maximum atomic E-state index is 12.8. The maximum Gasteiger partial charge on any atom is 0.254 e. The number of hydrogen-bond donors (Lipinski definition) is 0. The molecular formula is C18H19N5O. The van der Waals surface area contributed by atoms with E-state index in [0.29, 0.717) is 12.1 Å². The van der Waals surface area contributed by atoms with Gasteiger partial charge in [-0.2, -0.15) is 5.26 Å². The molecule has 24 heavy (non-hydrogen) atoms. The third-order valence-corrected chi connectivity index (χ3v) is 5.16. The zero-order valence-corrected chi connectivity index (χ0v) is 13.4. The van der Waals surface area contributed by atoms with Crippen LogP contribution in [0.15, 0.2) is 36.7 Å². The van der Waals surface area contributed by atoms with Crippen LogP contribution in [0.1, 0.15) is 41.6 Å². The van der Waals surface area contributed by atoms with Crippen LogP contribution in [0.5, 0.6) is 0 Å². The molecule has 122 valence electrons. The molecule has 1 saturated heterocycles. The Labute approximate surface area is 140 Å². The SMILES string of the molecule is N#CC1(c2ccc(C(=O)N3CCC[C@H]3Cn3ccnn3)cc2)CC1. The summed E-state index contributed by atoms with van der Waals surface area (Å²) in [6, 6.07) is 10.1. The number of aromatic nitrogens is 3. The van der Waals surface area contributed by atoms with Gasteiger partial charge in [0.25, 0.3) is 5.91 Å². The van der Waals surface area contributed by atoms with E-state index in [9.17, 15) is 10.1 Å². The number of benzene rings is 1. The Morgan fingerprint density at radius 3 is 2.75 bits per heavy atom. The summed E-state index contributed by atoms with van der Waals surface area (Å²) in [5.74, 6) is 0.0611. The minimum absolute atomic E-state index is 0.0611. The molecule has 1 atom stereocenters. The number of nitriles is 1. The number of carbonyl (C=O) groups excluding carboxylic acids is 1. The fourth-order valence-corrected chi connectivity index (χ4v) is 3.53. The van der Waals surface area contributed by atoms with Crippen molar-refractivity contribution in [1.29, 1.82) is 5.26 Å². The van der Waals surface area contributed by atoms with Gasteiger partial charge in [0.05, 0.1) is 30.3 Å². The van der Waals surface area contributed by atoms with E-state index in [1.165, 1.54) is 0 Å². The van der Waals surface area contributed by atoms with Crippen molar-refractivity contribution < 1.29 is 4.79 Å². The summed E-state index contributed by atoms with van der Waals surface area (Å²) in [5, 5.41) is 17.1. The zero-order chi connectivity index (χ0) is 16.6. The summed E-state index contributed by atoms with van der Waals surface area (Å²) in [6.45, 7) is 1.46. The molecule has 2 aliphatic rings. The van der Waals surface area contributed by atoms with Gasteiger partial charge in [0.2, 0.25) is 0 Å². The van der Waals surface area contributed by atoms with Crippen LogP contribution in [0.2, 0.25) is 0 Å². The van der Waals surface area contributed by atoms with Crippen LogP contribution < -0.4 is 0 Å². The van der Waals surface area contributed by atoms with Crippen molar-refractivity contribution in [1.82, 2.24) is 19.9 Å². The molecule has 1 aromatic carbocycles. The Kier molecular flexibility index (Phi) is 3.57. The van der Waals surface area contributed by atoms with Crippen molar-refractivity contribution in [2.75, 3.05) is 6.54 Å². The minimum Gasteiger partial charge on any atom is -0.334 e. The first-order valence-corrected chi connectivity index (χ1v) is 8.39.